The van der Waals surface area contributed by atoms with Crippen molar-refractivity contribution < 1.29 is 18.7 Å². The number of anilines is 1. The van der Waals surface area contributed by atoms with E-state index in [0.29, 0.717) is 6.07 Å². The van der Waals surface area contributed by atoms with Crippen LogP contribution < -0.4 is 5.32 Å². The third kappa shape index (κ3) is 3.53. The van der Waals surface area contributed by atoms with Gasteiger partial charge in [-0.05, 0) is 53.0 Å². The number of phenolic OH excluding ortho intramolecular Hbond substituents is 1. The minimum atomic E-state index is -0.805. The van der Waals surface area contributed by atoms with Gasteiger partial charge in [0.2, 0.25) is 0 Å². The largest absolute Gasteiger partial charge is 0.506 e. The summed E-state index contributed by atoms with van der Waals surface area (Å²) in [6, 6.07) is 4.37. The third-order valence-corrected chi connectivity index (χ3v) is 5.75. The molecule has 0 unspecified atom stereocenters. The lowest BCUT2D eigenvalue weighted by Crippen LogP contribution is -2.34. The lowest BCUT2D eigenvalue weighted by Gasteiger charge is -2.42. The molecule has 0 radical (unpaired) electrons. The van der Waals surface area contributed by atoms with Crippen LogP contribution in [0, 0.1) is 11.6 Å². The minimum Gasteiger partial charge on any atom is -0.506 e. The number of carbonyl (C=O) groups is 1. The number of aromatic hydroxyl groups is 1. The number of nitrogens with one attached hydrogen (secondary N) is 1. The Morgan fingerprint density at radius 1 is 1.04 bits per heavy atom. The Labute approximate surface area is 162 Å². The number of amides is 1. The summed E-state index contributed by atoms with van der Waals surface area (Å²) in [4.78, 5) is 12.7. The number of hydrogen-bond donors (Lipinski definition) is 2. The van der Waals surface area contributed by atoms with Gasteiger partial charge in [0, 0.05) is 11.8 Å². The fourth-order valence-electron chi connectivity index (χ4n) is 3.72. The molecule has 3 nitrogen and oxygen atoms in total. The van der Waals surface area contributed by atoms with Gasteiger partial charge < -0.3 is 10.4 Å². The summed E-state index contributed by atoms with van der Waals surface area (Å²) in [5.41, 5.74) is 1.23. The van der Waals surface area contributed by atoms with Crippen molar-refractivity contribution in [1.82, 2.24) is 0 Å². The molecular weight excluding hydrogens is 372 g/mol. The van der Waals surface area contributed by atoms with Gasteiger partial charge in [-0.3, -0.25) is 4.79 Å². The Balaban J connectivity index is 2.09. The van der Waals surface area contributed by atoms with Crippen LogP contribution in [0.15, 0.2) is 24.3 Å². The minimum absolute atomic E-state index is 0.0193. The van der Waals surface area contributed by atoms with Gasteiger partial charge in [0.25, 0.3) is 5.91 Å². The van der Waals surface area contributed by atoms with Gasteiger partial charge in [0.15, 0.2) is 0 Å². The molecule has 0 saturated heterocycles. The van der Waals surface area contributed by atoms with Crippen LogP contribution in [0.2, 0.25) is 5.02 Å². The summed E-state index contributed by atoms with van der Waals surface area (Å²) < 4.78 is 26.7. The van der Waals surface area contributed by atoms with Crippen molar-refractivity contribution in [2.24, 2.45) is 0 Å². The second-order valence-electron chi connectivity index (χ2n) is 8.39. The molecule has 2 aromatic rings. The van der Waals surface area contributed by atoms with E-state index in [9.17, 15) is 18.7 Å². The number of hydrogen-bond acceptors (Lipinski definition) is 2. The highest BCUT2D eigenvalue weighted by Gasteiger charge is 2.40. The monoisotopic (exact) mass is 393 g/mol. The number of fused-ring (bicyclic) bond motifs is 1. The number of rotatable bonds is 2. The van der Waals surface area contributed by atoms with Gasteiger partial charge in [-0.2, -0.15) is 0 Å². The van der Waals surface area contributed by atoms with Gasteiger partial charge in [-0.25, -0.2) is 8.78 Å². The molecule has 0 bridgehead atoms. The Hall–Kier alpha value is -2.14. The lowest BCUT2D eigenvalue weighted by atomic mass is 9.63. The van der Waals surface area contributed by atoms with E-state index in [1.807, 2.05) is 0 Å². The van der Waals surface area contributed by atoms with E-state index in [1.165, 1.54) is 0 Å². The van der Waals surface area contributed by atoms with Gasteiger partial charge in [0.1, 0.15) is 17.4 Å². The molecule has 1 aliphatic carbocycles. The quantitative estimate of drug-likeness (QED) is 0.664. The maximum atomic E-state index is 13.4. The molecule has 1 amide bonds. The summed E-state index contributed by atoms with van der Waals surface area (Å²) in [5, 5.41) is 13.2. The fraction of sp³-hybridized carbons (Fsp3) is 0.381. The van der Waals surface area contributed by atoms with E-state index >= 15 is 0 Å². The Kier molecular flexibility index (Phi) is 4.71. The molecule has 0 atom stereocenters. The van der Waals surface area contributed by atoms with Crippen molar-refractivity contribution in [3.05, 3.63) is 57.6 Å². The first-order valence-electron chi connectivity index (χ1n) is 8.76. The Morgan fingerprint density at radius 3 is 2.19 bits per heavy atom. The molecule has 0 spiro atoms. The highest BCUT2D eigenvalue weighted by atomic mass is 35.5. The van der Waals surface area contributed by atoms with Crippen LogP contribution in [0.1, 0.15) is 62.0 Å². The summed E-state index contributed by atoms with van der Waals surface area (Å²) in [5.74, 6) is -2.61. The molecule has 0 saturated carbocycles. The van der Waals surface area contributed by atoms with Crippen LogP contribution in [0.5, 0.6) is 5.75 Å². The third-order valence-electron chi connectivity index (χ3n) is 5.39. The Bertz CT molecular complexity index is 918. The van der Waals surface area contributed by atoms with E-state index in [1.54, 1.807) is 6.07 Å². The van der Waals surface area contributed by atoms with E-state index in [4.69, 9.17) is 11.6 Å². The van der Waals surface area contributed by atoms with E-state index in [0.717, 1.165) is 36.1 Å². The van der Waals surface area contributed by atoms with Crippen LogP contribution in [-0.4, -0.2) is 11.0 Å². The van der Waals surface area contributed by atoms with Gasteiger partial charge in [-0.1, -0.05) is 39.3 Å². The van der Waals surface area contributed by atoms with Crippen LogP contribution in [0.3, 0.4) is 0 Å². The average Bonchev–Trinajstić information content (AvgIpc) is 2.53. The van der Waals surface area contributed by atoms with Crippen molar-refractivity contribution in [2.45, 2.75) is 51.4 Å². The van der Waals surface area contributed by atoms with Crippen LogP contribution >= 0.6 is 11.6 Å². The molecular formula is C21H22ClF2NO2. The summed E-state index contributed by atoms with van der Waals surface area (Å²) in [7, 11) is 0. The van der Waals surface area contributed by atoms with E-state index < -0.39 is 17.5 Å². The molecule has 144 valence electrons. The molecule has 27 heavy (non-hydrogen) atoms. The summed E-state index contributed by atoms with van der Waals surface area (Å²) in [6.07, 6.45) is 1.81. The molecule has 0 aliphatic heterocycles. The maximum absolute atomic E-state index is 13.4. The van der Waals surface area contributed by atoms with Crippen molar-refractivity contribution in [3.63, 3.8) is 0 Å². The van der Waals surface area contributed by atoms with E-state index in [-0.39, 0.29) is 32.9 Å². The van der Waals surface area contributed by atoms with Gasteiger partial charge in [0.05, 0.1) is 10.6 Å². The first kappa shape index (κ1) is 19.6. The maximum Gasteiger partial charge on any atom is 0.259 e. The molecule has 1 aliphatic rings. The molecule has 6 heteroatoms. The molecule has 2 aromatic carbocycles. The second kappa shape index (κ2) is 6.48. The predicted octanol–water partition coefficient (Wildman–Crippen LogP) is 5.93. The number of halogens is 3. The highest BCUT2D eigenvalue weighted by molar-refractivity contribution is 6.34. The molecule has 3 rings (SSSR count). The van der Waals surface area contributed by atoms with Crippen LogP contribution in [0.25, 0.3) is 0 Å². The second-order valence-corrected chi connectivity index (χ2v) is 8.77. The number of phenols is 1. The molecule has 0 aromatic heterocycles. The SMILES string of the molecule is CC1(C)CCC(C)(C)c2c1cc(C(=O)Nc1cc(F)cc(F)c1)c(O)c2Cl. The fourth-order valence-corrected chi connectivity index (χ4v) is 4.18. The summed E-state index contributed by atoms with van der Waals surface area (Å²) in [6.45, 7) is 8.25. The number of benzene rings is 2. The zero-order valence-electron chi connectivity index (χ0n) is 15.7. The predicted molar refractivity (Wildman–Crippen MR) is 103 cm³/mol. The molecule has 0 heterocycles. The van der Waals surface area contributed by atoms with Crippen LogP contribution in [0.4, 0.5) is 14.5 Å². The van der Waals surface area contributed by atoms with Crippen molar-refractivity contribution in [3.8, 4) is 5.75 Å². The molecule has 0 fully saturated rings. The standard InChI is InChI=1S/C21H22ClF2NO2/c1-20(2)5-6-21(3,4)16-15(20)10-14(18(26)17(16)22)19(27)25-13-8-11(23)7-12(24)9-13/h7-10,26H,5-6H2,1-4H3,(H,25,27). The van der Waals surface area contributed by atoms with Crippen molar-refractivity contribution in [1.29, 1.82) is 0 Å². The van der Waals surface area contributed by atoms with E-state index in [2.05, 4.69) is 33.0 Å². The zero-order chi connectivity index (χ0) is 20.1. The first-order valence-corrected chi connectivity index (χ1v) is 9.14. The van der Waals surface area contributed by atoms with Gasteiger partial charge >= 0.3 is 0 Å². The smallest absolute Gasteiger partial charge is 0.259 e. The topological polar surface area (TPSA) is 49.3 Å². The van der Waals surface area contributed by atoms with Crippen LogP contribution in [-0.2, 0) is 10.8 Å². The summed E-state index contributed by atoms with van der Waals surface area (Å²) >= 11 is 6.48. The Morgan fingerprint density at radius 2 is 1.59 bits per heavy atom. The normalized spacial score (nSPS) is 17.3. The first-order chi connectivity index (χ1) is 12.4. The average molecular weight is 394 g/mol. The van der Waals surface area contributed by atoms with Crippen molar-refractivity contribution in [2.75, 3.05) is 5.32 Å². The highest BCUT2D eigenvalue weighted by Crippen LogP contribution is 2.51. The molecule has 2 N–H and O–H groups in total. The van der Waals surface area contributed by atoms with Crippen molar-refractivity contribution >= 4 is 23.2 Å². The zero-order valence-corrected chi connectivity index (χ0v) is 16.5. The number of carbonyl (C=O) groups excluding carboxylic acids is 1. The van der Waals surface area contributed by atoms with Gasteiger partial charge in [-0.15, -0.1) is 0 Å². The lowest BCUT2D eigenvalue weighted by molar-refractivity contribution is 0.102.